The first-order valence-corrected chi connectivity index (χ1v) is 7.98. The maximum atomic E-state index is 12.4. The molecule has 19 heavy (non-hydrogen) atoms. The molecule has 6 heteroatoms. The standard InChI is InChI=1S/C13H21N3O2S/c1-10(2)15-19(17,18)16(13-7-8-13)12-5-3-11(9-14)4-6-12/h3-6,10,13,15H,7-9,14H2,1-2H3. The van der Waals surface area contributed by atoms with Crippen LogP contribution in [0.2, 0.25) is 0 Å². The van der Waals surface area contributed by atoms with E-state index < -0.39 is 10.2 Å². The summed E-state index contributed by atoms with van der Waals surface area (Å²) in [5, 5.41) is 0. The lowest BCUT2D eigenvalue weighted by Gasteiger charge is -2.25. The summed E-state index contributed by atoms with van der Waals surface area (Å²) in [6.45, 7) is 4.10. The average Bonchev–Trinajstić information content (AvgIpc) is 3.12. The molecule has 0 heterocycles. The Balaban J connectivity index is 2.29. The predicted molar refractivity (Wildman–Crippen MR) is 77.0 cm³/mol. The highest BCUT2D eigenvalue weighted by Crippen LogP contribution is 2.33. The number of hydrogen-bond acceptors (Lipinski definition) is 3. The molecular formula is C13H21N3O2S. The Labute approximate surface area is 115 Å². The molecule has 3 N–H and O–H groups in total. The van der Waals surface area contributed by atoms with Gasteiger partial charge < -0.3 is 5.73 Å². The molecule has 0 aliphatic heterocycles. The van der Waals surface area contributed by atoms with Crippen LogP contribution in [-0.2, 0) is 16.8 Å². The van der Waals surface area contributed by atoms with Gasteiger partial charge in [0.15, 0.2) is 0 Å². The van der Waals surface area contributed by atoms with Gasteiger partial charge in [0, 0.05) is 18.6 Å². The van der Waals surface area contributed by atoms with E-state index >= 15 is 0 Å². The molecule has 0 amide bonds. The van der Waals surface area contributed by atoms with E-state index in [1.165, 1.54) is 4.31 Å². The van der Waals surface area contributed by atoms with Gasteiger partial charge in [0.25, 0.3) is 0 Å². The molecule has 0 bridgehead atoms. The van der Waals surface area contributed by atoms with Gasteiger partial charge in [-0.1, -0.05) is 12.1 Å². The molecule has 106 valence electrons. The highest BCUT2D eigenvalue weighted by atomic mass is 32.2. The minimum atomic E-state index is -3.48. The maximum Gasteiger partial charge on any atom is 0.302 e. The molecular weight excluding hydrogens is 262 g/mol. The summed E-state index contributed by atoms with van der Waals surface area (Å²) in [7, 11) is -3.48. The van der Waals surface area contributed by atoms with E-state index in [2.05, 4.69) is 4.72 Å². The lowest BCUT2D eigenvalue weighted by Crippen LogP contribution is -2.45. The Hall–Kier alpha value is -1.11. The molecule has 1 saturated carbocycles. The molecule has 0 saturated heterocycles. The van der Waals surface area contributed by atoms with Crippen molar-refractivity contribution in [1.29, 1.82) is 0 Å². The Morgan fingerprint density at radius 3 is 2.32 bits per heavy atom. The van der Waals surface area contributed by atoms with Crippen molar-refractivity contribution in [2.75, 3.05) is 4.31 Å². The second-order valence-electron chi connectivity index (χ2n) is 5.18. The second-order valence-corrected chi connectivity index (χ2v) is 6.75. The Kier molecular flexibility index (Phi) is 4.13. The lowest BCUT2D eigenvalue weighted by atomic mass is 10.2. The number of nitrogens with zero attached hydrogens (tertiary/aromatic N) is 1. The van der Waals surface area contributed by atoms with E-state index in [-0.39, 0.29) is 12.1 Å². The molecule has 5 nitrogen and oxygen atoms in total. The number of benzene rings is 1. The van der Waals surface area contributed by atoms with E-state index in [0.29, 0.717) is 12.2 Å². The monoisotopic (exact) mass is 283 g/mol. The molecule has 0 unspecified atom stereocenters. The first-order valence-electron chi connectivity index (χ1n) is 6.54. The third-order valence-corrected chi connectivity index (χ3v) is 4.74. The highest BCUT2D eigenvalue weighted by Gasteiger charge is 2.37. The first kappa shape index (κ1) is 14.3. The first-order chi connectivity index (χ1) is 8.94. The summed E-state index contributed by atoms with van der Waals surface area (Å²) in [6, 6.07) is 7.35. The quantitative estimate of drug-likeness (QED) is 0.827. The SMILES string of the molecule is CC(C)NS(=O)(=O)N(c1ccc(CN)cc1)C1CC1. The predicted octanol–water partition coefficient (Wildman–Crippen LogP) is 1.36. The zero-order valence-corrected chi connectivity index (χ0v) is 12.2. The molecule has 0 radical (unpaired) electrons. The van der Waals surface area contributed by atoms with Crippen molar-refractivity contribution in [2.45, 2.75) is 45.3 Å². The van der Waals surface area contributed by atoms with Crippen LogP contribution < -0.4 is 14.8 Å². The zero-order chi connectivity index (χ0) is 14.0. The van der Waals surface area contributed by atoms with E-state index in [9.17, 15) is 8.42 Å². The molecule has 1 fully saturated rings. The fourth-order valence-electron chi connectivity index (χ4n) is 1.99. The number of hydrogen-bond donors (Lipinski definition) is 2. The van der Waals surface area contributed by atoms with E-state index in [1.807, 2.05) is 38.1 Å². The summed E-state index contributed by atoms with van der Waals surface area (Å²) >= 11 is 0. The summed E-state index contributed by atoms with van der Waals surface area (Å²) < 4.78 is 28.9. The van der Waals surface area contributed by atoms with Gasteiger partial charge in [-0.25, -0.2) is 0 Å². The molecule has 0 spiro atoms. The fourth-order valence-corrected chi connectivity index (χ4v) is 3.70. The van der Waals surface area contributed by atoms with Gasteiger partial charge in [-0.3, -0.25) is 4.31 Å². The Bertz CT molecular complexity index is 521. The second kappa shape index (κ2) is 5.48. The van der Waals surface area contributed by atoms with Gasteiger partial charge >= 0.3 is 10.2 Å². The molecule has 0 aromatic heterocycles. The van der Waals surface area contributed by atoms with Crippen LogP contribution in [0.5, 0.6) is 0 Å². The Morgan fingerprint density at radius 2 is 1.89 bits per heavy atom. The van der Waals surface area contributed by atoms with E-state index in [4.69, 9.17) is 5.73 Å². The molecule has 1 aliphatic rings. The van der Waals surface area contributed by atoms with E-state index in [1.54, 1.807) is 0 Å². The van der Waals surface area contributed by atoms with Crippen molar-refractivity contribution in [2.24, 2.45) is 5.73 Å². The molecule has 1 aromatic carbocycles. The van der Waals surface area contributed by atoms with Gasteiger partial charge in [0.05, 0.1) is 5.69 Å². The van der Waals surface area contributed by atoms with Gasteiger partial charge in [-0.15, -0.1) is 0 Å². The van der Waals surface area contributed by atoms with Crippen LogP contribution in [0.3, 0.4) is 0 Å². The Morgan fingerprint density at radius 1 is 1.32 bits per heavy atom. The van der Waals surface area contributed by atoms with Crippen LogP contribution in [0.4, 0.5) is 5.69 Å². The summed E-state index contributed by atoms with van der Waals surface area (Å²) in [4.78, 5) is 0. The third-order valence-electron chi connectivity index (χ3n) is 2.95. The van der Waals surface area contributed by atoms with Gasteiger partial charge in [-0.2, -0.15) is 13.1 Å². The van der Waals surface area contributed by atoms with Crippen LogP contribution in [0.15, 0.2) is 24.3 Å². The number of nitrogens with two attached hydrogens (primary N) is 1. The highest BCUT2D eigenvalue weighted by molar-refractivity contribution is 7.91. The van der Waals surface area contributed by atoms with Crippen LogP contribution in [0, 0.1) is 0 Å². The van der Waals surface area contributed by atoms with Crippen molar-refractivity contribution in [1.82, 2.24) is 4.72 Å². The molecule has 0 atom stereocenters. The zero-order valence-electron chi connectivity index (χ0n) is 11.3. The number of rotatable bonds is 6. The molecule has 2 rings (SSSR count). The van der Waals surface area contributed by atoms with Crippen LogP contribution in [-0.4, -0.2) is 20.5 Å². The fraction of sp³-hybridized carbons (Fsp3) is 0.538. The number of nitrogens with one attached hydrogen (secondary N) is 1. The average molecular weight is 283 g/mol. The molecule has 1 aromatic rings. The topological polar surface area (TPSA) is 75.4 Å². The van der Waals surface area contributed by atoms with Gasteiger partial charge in [-0.05, 0) is 44.4 Å². The van der Waals surface area contributed by atoms with Gasteiger partial charge in [0.1, 0.15) is 0 Å². The minimum absolute atomic E-state index is 0.0833. The van der Waals surface area contributed by atoms with Crippen LogP contribution >= 0.6 is 0 Å². The van der Waals surface area contributed by atoms with Crippen molar-refractivity contribution >= 4 is 15.9 Å². The lowest BCUT2D eigenvalue weighted by molar-refractivity contribution is 0.564. The van der Waals surface area contributed by atoms with Crippen molar-refractivity contribution in [3.63, 3.8) is 0 Å². The summed E-state index contributed by atoms with van der Waals surface area (Å²) in [6.07, 6.45) is 1.83. The van der Waals surface area contributed by atoms with Crippen molar-refractivity contribution < 1.29 is 8.42 Å². The normalized spacial score (nSPS) is 15.8. The summed E-state index contributed by atoms with van der Waals surface area (Å²) in [5.41, 5.74) is 7.25. The largest absolute Gasteiger partial charge is 0.326 e. The van der Waals surface area contributed by atoms with E-state index in [0.717, 1.165) is 18.4 Å². The smallest absolute Gasteiger partial charge is 0.302 e. The van der Waals surface area contributed by atoms with Gasteiger partial charge in [0.2, 0.25) is 0 Å². The molecule has 1 aliphatic carbocycles. The van der Waals surface area contributed by atoms with Crippen molar-refractivity contribution in [3.8, 4) is 0 Å². The maximum absolute atomic E-state index is 12.4. The van der Waals surface area contributed by atoms with Crippen LogP contribution in [0.1, 0.15) is 32.3 Å². The number of anilines is 1. The summed E-state index contributed by atoms with van der Waals surface area (Å²) in [5.74, 6) is 0. The van der Waals surface area contributed by atoms with Crippen molar-refractivity contribution in [3.05, 3.63) is 29.8 Å². The van der Waals surface area contributed by atoms with Crippen LogP contribution in [0.25, 0.3) is 0 Å². The minimum Gasteiger partial charge on any atom is -0.326 e. The third kappa shape index (κ3) is 3.46.